The largest absolute Gasteiger partial charge is 0.478 e. The van der Waals surface area contributed by atoms with Crippen molar-refractivity contribution < 1.29 is 14.7 Å². The number of nitrogens with one attached hydrogen (secondary N) is 2. The summed E-state index contributed by atoms with van der Waals surface area (Å²) in [5.74, 6) is 2.08. The van der Waals surface area contributed by atoms with E-state index in [0.717, 1.165) is 24.8 Å². The summed E-state index contributed by atoms with van der Waals surface area (Å²) < 4.78 is 0. The van der Waals surface area contributed by atoms with Crippen LogP contribution in [0.3, 0.4) is 0 Å². The molecular formula is C42H66N2O3. The molecule has 6 rings (SSSR count). The number of hydrogen-bond acceptors (Lipinski definition) is 3. The van der Waals surface area contributed by atoms with Crippen LogP contribution < -0.4 is 10.6 Å². The van der Waals surface area contributed by atoms with Crippen molar-refractivity contribution in [2.75, 3.05) is 20.1 Å². The normalized spacial score (nSPS) is 37.9. The summed E-state index contributed by atoms with van der Waals surface area (Å²) in [7, 11) is 1.85. The van der Waals surface area contributed by atoms with Crippen molar-refractivity contribution >= 4 is 17.4 Å². The van der Waals surface area contributed by atoms with Crippen LogP contribution in [0.15, 0.2) is 43.0 Å². The molecule has 0 spiro atoms. The maximum atomic E-state index is 12.4. The molecule has 0 bridgehead atoms. The zero-order valence-electron chi connectivity index (χ0n) is 31.2. The third-order valence-corrected chi connectivity index (χ3v) is 14.5. The predicted octanol–water partition coefficient (Wildman–Crippen LogP) is 9.79. The molecule has 5 nitrogen and oxygen atoms in total. The molecular weight excluding hydrogens is 580 g/mol. The minimum Gasteiger partial charge on any atom is -0.478 e. The lowest BCUT2D eigenvalue weighted by Crippen LogP contribution is -2.65. The number of likely N-dealkylation sites (N-methyl/N-ethyl adjacent to an activating group) is 1. The van der Waals surface area contributed by atoms with Crippen LogP contribution in [-0.2, 0) is 4.79 Å². The van der Waals surface area contributed by atoms with Crippen LogP contribution in [0.4, 0.5) is 0 Å². The van der Waals surface area contributed by atoms with Crippen LogP contribution in [0.5, 0.6) is 0 Å². The Bertz CT molecular complexity index is 1320. The van der Waals surface area contributed by atoms with Gasteiger partial charge in [0.25, 0.3) is 0 Å². The lowest BCUT2D eigenvalue weighted by Gasteiger charge is -2.72. The van der Waals surface area contributed by atoms with E-state index < -0.39 is 5.97 Å². The van der Waals surface area contributed by atoms with E-state index in [1.807, 2.05) is 40.0 Å². The number of aromatic carboxylic acids is 1. The average molecular weight is 647 g/mol. The van der Waals surface area contributed by atoms with Gasteiger partial charge < -0.3 is 15.7 Å². The van der Waals surface area contributed by atoms with Gasteiger partial charge >= 0.3 is 5.97 Å². The van der Waals surface area contributed by atoms with E-state index in [9.17, 15) is 14.7 Å². The van der Waals surface area contributed by atoms with E-state index in [0.29, 0.717) is 40.2 Å². The third kappa shape index (κ3) is 6.17. The standard InChI is InChI=1S/C37H54N2O3.C3H6.C2H6/c1-33(2)26(24-9-11-25(12-10-24)32(41)42)15-18-34(3)29(33)16-19-36(5)30(34)14-13-27-28-8-7-17-37(28,21-20-35(27,36)4)23-39-31(40)22-38-6;1-3-2;1-2/h9-12,15,27-30,38H,7-8,13-14,16-23H2,1-6H3,(H,39,40)(H,41,42);3H,1H2,2H3;1-2H3/t27?,28?,29?,30?,34?,35-,36?,37?;;/m1../s1. The first-order valence-electron chi connectivity index (χ1n) is 18.8. The molecule has 0 saturated heterocycles. The van der Waals surface area contributed by atoms with Crippen LogP contribution in [0, 0.1) is 50.7 Å². The second-order valence-corrected chi connectivity index (χ2v) is 16.7. The molecule has 7 unspecified atom stereocenters. The van der Waals surface area contributed by atoms with Gasteiger partial charge in [0, 0.05) is 6.54 Å². The van der Waals surface area contributed by atoms with Gasteiger partial charge in [0.05, 0.1) is 12.1 Å². The van der Waals surface area contributed by atoms with Crippen molar-refractivity contribution in [2.45, 2.75) is 120 Å². The van der Waals surface area contributed by atoms with Crippen LogP contribution in [0.2, 0.25) is 0 Å². The number of carboxylic acid groups (broad SMARTS) is 1. The molecule has 0 radical (unpaired) electrons. The van der Waals surface area contributed by atoms with E-state index in [1.54, 1.807) is 18.2 Å². The Morgan fingerprint density at radius 3 is 2.17 bits per heavy atom. The highest BCUT2D eigenvalue weighted by atomic mass is 16.4. The van der Waals surface area contributed by atoms with E-state index in [1.165, 1.54) is 68.9 Å². The molecule has 0 heterocycles. The van der Waals surface area contributed by atoms with Gasteiger partial charge in [-0.2, -0.15) is 0 Å². The summed E-state index contributed by atoms with van der Waals surface area (Å²) in [6.07, 6.45) is 17.1. The lowest BCUT2D eigenvalue weighted by molar-refractivity contribution is -0.222. The Balaban J connectivity index is 0.000000947. The van der Waals surface area contributed by atoms with Gasteiger partial charge in [0.1, 0.15) is 0 Å². The first-order chi connectivity index (χ1) is 22.2. The number of allylic oxidation sites excluding steroid dienone is 3. The first-order valence-corrected chi connectivity index (χ1v) is 18.8. The minimum atomic E-state index is -0.863. The Morgan fingerprint density at radius 1 is 0.894 bits per heavy atom. The van der Waals surface area contributed by atoms with Crippen molar-refractivity contribution in [3.8, 4) is 0 Å². The summed E-state index contributed by atoms with van der Waals surface area (Å²) in [5.41, 5.74) is 4.21. The molecule has 5 heteroatoms. The van der Waals surface area contributed by atoms with Gasteiger partial charge in [-0.1, -0.05) is 79.2 Å². The number of carbonyl (C=O) groups excluding carboxylic acids is 1. The Labute approximate surface area is 286 Å². The van der Waals surface area contributed by atoms with Crippen molar-refractivity contribution in [3.63, 3.8) is 0 Å². The molecule has 1 amide bonds. The summed E-state index contributed by atoms with van der Waals surface area (Å²) >= 11 is 0. The zero-order chi connectivity index (χ0) is 34.8. The molecule has 1 aromatic rings. The van der Waals surface area contributed by atoms with Gasteiger partial charge in [-0.3, -0.25) is 4.79 Å². The van der Waals surface area contributed by atoms with Crippen molar-refractivity contribution in [2.24, 2.45) is 50.7 Å². The maximum absolute atomic E-state index is 12.4. The quantitative estimate of drug-likeness (QED) is 0.269. The Hall–Kier alpha value is -2.40. The molecule has 4 fully saturated rings. The second-order valence-electron chi connectivity index (χ2n) is 16.7. The first kappa shape index (κ1) is 37.4. The molecule has 0 aromatic heterocycles. The highest BCUT2D eigenvalue weighted by Gasteiger charge is 2.69. The molecule has 47 heavy (non-hydrogen) atoms. The lowest BCUT2D eigenvalue weighted by atomic mass is 9.32. The number of hydrogen-bond donors (Lipinski definition) is 3. The summed E-state index contributed by atoms with van der Waals surface area (Å²) in [6.45, 7) is 23.4. The van der Waals surface area contributed by atoms with Gasteiger partial charge in [-0.05, 0) is 146 Å². The van der Waals surface area contributed by atoms with Crippen molar-refractivity contribution in [3.05, 3.63) is 54.1 Å². The number of fused-ring (bicyclic) bond motifs is 7. The molecule has 1 aromatic carbocycles. The highest BCUT2D eigenvalue weighted by Crippen LogP contribution is 2.77. The summed E-state index contributed by atoms with van der Waals surface area (Å²) in [6, 6.07) is 7.58. The minimum absolute atomic E-state index is 0.0372. The number of carbonyl (C=O) groups is 2. The second kappa shape index (κ2) is 14.2. The monoisotopic (exact) mass is 647 g/mol. The molecule has 8 atom stereocenters. The summed E-state index contributed by atoms with van der Waals surface area (Å²) in [5, 5.41) is 15.8. The molecule has 3 N–H and O–H groups in total. The van der Waals surface area contributed by atoms with Gasteiger partial charge in [-0.15, -0.1) is 6.58 Å². The van der Waals surface area contributed by atoms with E-state index in [-0.39, 0.29) is 16.7 Å². The van der Waals surface area contributed by atoms with Gasteiger partial charge in [0.2, 0.25) is 5.91 Å². The van der Waals surface area contributed by atoms with Gasteiger partial charge in [-0.25, -0.2) is 4.79 Å². The van der Waals surface area contributed by atoms with Crippen LogP contribution in [0.25, 0.3) is 5.57 Å². The molecule has 262 valence electrons. The molecule has 4 saturated carbocycles. The number of carboxylic acids is 1. The van der Waals surface area contributed by atoms with E-state index in [2.05, 4.69) is 57.9 Å². The average Bonchev–Trinajstić information content (AvgIpc) is 3.46. The molecule has 0 aliphatic heterocycles. The fourth-order valence-corrected chi connectivity index (χ4v) is 12.4. The zero-order valence-corrected chi connectivity index (χ0v) is 31.2. The van der Waals surface area contributed by atoms with Crippen LogP contribution >= 0.6 is 0 Å². The number of amides is 1. The van der Waals surface area contributed by atoms with Crippen molar-refractivity contribution in [1.82, 2.24) is 10.6 Å². The summed E-state index contributed by atoms with van der Waals surface area (Å²) in [4.78, 5) is 23.9. The van der Waals surface area contributed by atoms with E-state index in [4.69, 9.17) is 0 Å². The number of rotatable bonds is 6. The SMILES string of the molecule is C=CC.CC.CNCC(=O)NCC12CCCC1C1CCC3C4(C)CC=C(c5ccc(C(=O)O)cc5)C(C)(C)C4CCC3(C)[C@]1(C)CC2. The topological polar surface area (TPSA) is 78.4 Å². The number of benzene rings is 1. The Kier molecular flexibility index (Phi) is 11.3. The fraction of sp³-hybridized carbons (Fsp3) is 0.714. The van der Waals surface area contributed by atoms with Gasteiger partial charge in [0.15, 0.2) is 0 Å². The maximum Gasteiger partial charge on any atom is 0.335 e. The molecule has 5 aliphatic carbocycles. The highest BCUT2D eigenvalue weighted by molar-refractivity contribution is 5.88. The van der Waals surface area contributed by atoms with Crippen LogP contribution in [0.1, 0.15) is 136 Å². The van der Waals surface area contributed by atoms with Crippen LogP contribution in [-0.4, -0.2) is 37.1 Å². The fourth-order valence-electron chi connectivity index (χ4n) is 12.4. The van der Waals surface area contributed by atoms with E-state index >= 15 is 0 Å². The third-order valence-electron chi connectivity index (χ3n) is 14.5. The van der Waals surface area contributed by atoms with Crippen molar-refractivity contribution in [1.29, 1.82) is 0 Å². The smallest absolute Gasteiger partial charge is 0.335 e. The predicted molar refractivity (Wildman–Crippen MR) is 196 cm³/mol. The Morgan fingerprint density at radius 2 is 1.55 bits per heavy atom. The molecule has 5 aliphatic rings.